The minimum absolute atomic E-state index is 0.0449. The van der Waals surface area contributed by atoms with Crippen molar-refractivity contribution in [3.8, 4) is 0 Å². The summed E-state index contributed by atoms with van der Waals surface area (Å²) in [5.41, 5.74) is 0.355. The van der Waals surface area contributed by atoms with E-state index in [-0.39, 0.29) is 13.0 Å². The van der Waals surface area contributed by atoms with Gasteiger partial charge in [0, 0.05) is 13.0 Å². The van der Waals surface area contributed by atoms with Crippen molar-refractivity contribution in [2.24, 2.45) is 0 Å². The zero-order chi connectivity index (χ0) is 14.6. The molecule has 0 aliphatic carbocycles. The Morgan fingerprint density at radius 1 is 1.25 bits per heavy atom. The van der Waals surface area contributed by atoms with Crippen LogP contribution in [0.5, 0.6) is 0 Å². The van der Waals surface area contributed by atoms with E-state index in [0.717, 1.165) is 0 Å². The van der Waals surface area contributed by atoms with E-state index in [1.54, 1.807) is 30.3 Å². The highest BCUT2D eigenvalue weighted by Gasteiger charge is 2.35. The Hall–Kier alpha value is -1.24. The van der Waals surface area contributed by atoms with Gasteiger partial charge in [-0.2, -0.15) is 0 Å². The van der Waals surface area contributed by atoms with Crippen LogP contribution in [0.2, 0.25) is 0 Å². The maximum Gasteiger partial charge on any atom is 0.469 e. The van der Waals surface area contributed by atoms with E-state index in [1.165, 1.54) is 0 Å². The summed E-state index contributed by atoms with van der Waals surface area (Å²) < 4.78 is 25.9. The summed E-state index contributed by atoms with van der Waals surface area (Å²) in [7, 11) is -4.63. The zero-order valence-corrected chi connectivity index (χ0v) is 11.4. The van der Waals surface area contributed by atoms with Gasteiger partial charge in [-0.1, -0.05) is 18.2 Å². The Balaban J connectivity index is 2.02. The molecule has 1 aliphatic heterocycles. The number of ether oxygens (including phenoxy) is 2. The number of esters is 1. The van der Waals surface area contributed by atoms with Crippen molar-refractivity contribution < 1.29 is 33.1 Å². The van der Waals surface area contributed by atoms with Gasteiger partial charge in [0.05, 0.1) is 12.2 Å². The van der Waals surface area contributed by atoms with E-state index in [2.05, 4.69) is 4.52 Å². The average molecular weight is 302 g/mol. The second kappa shape index (κ2) is 6.47. The molecule has 0 spiro atoms. The number of hydrogen-bond acceptors (Lipinski definition) is 5. The number of phosphoric acid groups is 1. The molecule has 1 aromatic rings. The van der Waals surface area contributed by atoms with Gasteiger partial charge in [-0.15, -0.1) is 0 Å². The van der Waals surface area contributed by atoms with Crippen molar-refractivity contribution in [1.29, 1.82) is 0 Å². The minimum Gasteiger partial charge on any atom is -0.454 e. The zero-order valence-electron chi connectivity index (χ0n) is 10.5. The highest BCUT2D eigenvalue weighted by molar-refractivity contribution is 7.46. The maximum absolute atomic E-state index is 11.9. The first kappa shape index (κ1) is 15.2. The van der Waals surface area contributed by atoms with E-state index >= 15 is 0 Å². The summed E-state index contributed by atoms with van der Waals surface area (Å²) in [5, 5.41) is 0. The monoisotopic (exact) mass is 302 g/mol. The quantitative estimate of drug-likeness (QED) is 0.634. The van der Waals surface area contributed by atoms with Gasteiger partial charge in [0.15, 0.2) is 6.10 Å². The van der Waals surface area contributed by atoms with Crippen LogP contribution < -0.4 is 0 Å². The second-order valence-electron chi connectivity index (χ2n) is 4.31. The lowest BCUT2D eigenvalue weighted by Gasteiger charge is -2.30. The number of phosphoric ester groups is 1. The summed E-state index contributed by atoms with van der Waals surface area (Å²) in [6.07, 6.45) is -1.47. The lowest BCUT2D eigenvalue weighted by atomic mass is 10.1. The Kier molecular flexibility index (Phi) is 4.91. The summed E-state index contributed by atoms with van der Waals surface area (Å²) >= 11 is 0. The number of carbonyl (C=O) groups is 1. The molecule has 0 amide bonds. The largest absolute Gasteiger partial charge is 0.469 e. The van der Waals surface area contributed by atoms with Crippen LogP contribution in [0.15, 0.2) is 30.3 Å². The first-order chi connectivity index (χ1) is 9.46. The molecule has 0 bridgehead atoms. The first-order valence-electron chi connectivity index (χ1n) is 6.03. The van der Waals surface area contributed by atoms with Crippen LogP contribution in [0.1, 0.15) is 16.8 Å². The number of carbonyl (C=O) groups excluding carboxylic acids is 1. The van der Waals surface area contributed by atoms with Crippen molar-refractivity contribution in [2.75, 3.05) is 13.2 Å². The standard InChI is InChI=1S/C12H15O7P/c13-12(9-4-2-1-3-5-9)18-11-8-17-7-6-10(11)19-20(14,15)16/h1-5,10-11H,6-8H2,(H2,14,15,16). The van der Waals surface area contributed by atoms with Gasteiger partial charge in [-0.05, 0) is 12.1 Å². The number of benzene rings is 1. The Labute approximate surface area is 115 Å². The first-order valence-corrected chi connectivity index (χ1v) is 7.56. The fraction of sp³-hybridized carbons (Fsp3) is 0.417. The lowest BCUT2D eigenvalue weighted by molar-refractivity contribution is -0.0915. The third-order valence-electron chi connectivity index (χ3n) is 2.78. The average Bonchev–Trinajstić information content (AvgIpc) is 2.40. The summed E-state index contributed by atoms with van der Waals surface area (Å²) in [6.45, 7) is 0.341. The van der Waals surface area contributed by atoms with E-state index < -0.39 is 26.0 Å². The van der Waals surface area contributed by atoms with Crippen LogP contribution in [0, 0.1) is 0 Å². The smallest absolute Gasteiger partial charge is 0.454 e. The van der Waals surface area contributed by atoms with Crippen molar-refractivity contribution in [2.45, 2.75) is 18.6 Å². The van der Waals surface area contributed by atoms with E-state index in [4.69, 9.17) is 19.3 Å². The Morgan fingerprint density at radius 3 is 2.60 bits per heavy atom. The topological polar surface area (TPSA) is 102 Å². The van der Waals surface area contributed by atoms with Gasteiger partial charge in [0.2, 0.25) is 0 Å². The molecule has 1 aliphatic rings. The van der Waals surface area contributed by atoms with Crippen LogP contribution in [0.25, 0.3) is 0 Å². The number of rotatable bonds is 4. The molecule has 2 unspecified atom stereocenters. The van der Waals surface area contributed by atoms with Gasteiger partial charge in [0.25, 0.3) is 0 Å². The Bertz CT molecular complexity index is 498. The van der Waals surface area contributed by atoms with Gasteiger partial charge in [-0.25, -0.2) is 9.36 Å². The molecule has 8 heteroatoms. The molecule has 0 saturated carbocycles. The van der Waals surface area contributed by atoms with Gasteiger partial charge < -0.3 is 19.3 Å². The molecule has 7 nitrogen and oxygen atoms in total. The molecular weight excluding hydrogens is 287 g/mol. The lowest BCUT2D eigenvalue weighted by Crippen LogP contribution is -2.41. The molecule has 1 fully saturated rings. The van der Waals surface area contributed by atoms with E-state index in [9.17, 15) is 9.36 Å². The highest BCUT2D eigenvalue weighted by Crippen LogP contribution is 2.40. The molecule has 20 heavy (non-hydrogen) atoms. The summed E-state index contributed by atoms with van der Waals surface area (Å²) in [6, 6.07) is 8.32. The minimum atomic E-state index is -4.63. The Morgan fingerprint density at radius 2 is 1.95 bits per heavy atom. The third kappa shape index (κ3) is 4.40. The summed E-state index contributed by atoms with van der Waals surface area (Å²) in [4.78, 5) is 29.6. The molecule has 1 aromatic carbocycles. The van der Waals surface area contributed by atoms with E-state index in [1.807, 2.05) is 0 Å². The van der Waals surface area contributed by atoms with Gasteiger partial charge in [-0.3, -0.25) is 4.52 Å². The molecule has 2 N–H and O–H groups in total. The van der Waals surface area contributed by atoms with Gasteiger partial charge >= 0.3 is 13.8 Å². The van der Waals surface area contributed by atoms with Crippen LogP contribution in [-0.4, -0.2) is 41.2 Å². The van der Waals surface area contributed by atoms with Gasteiger partial charge in [0.1, 0.15) is 6.10 Å². The SMILES string of the molecule is O=C(OC1COCCC1OP(=O)(O)O)c1ccccc1. The molecule has 1 heterocycles. The molecule has 2 atom stereocenters. The van der Waals surface area contributed by atoms with Crippen LogP contribution in [0.4, 0.5) is 0 Å². The van der Waals surface area contributed by atoms with Crippen molar-refractivity contribution in [1.82, 2.24) is 0 Å². The van der Waals surface area contributed by atoms with E-state index in [0.29, 0.717) is 12.2 Å². The number of hydrogen-bond donors (Lipinski definition) is 2. The summed E-state index contributed by atoms with van der Waals surface area (Å²) in [5.74, 6) is -0.583. The van der Waals surface area contributed by atoms with Crippen molar-refractivity contribution in [3.05, 3.63) is 35.9 Å². The maximum atomic E-state index is 11.9. The molecule has 110 valence electrons. The third-order valence-corrected chi connectivity index (χ3v) is 3.33. The van der Waals surface area contributed by atoms with Crippen LogP contribution in [0.3, 0.4) is 0 Å². The normalized spacial score (nSPS) is 23.3. The molecule has 0 radical (unpaired) electrons. The van der Waals surface area contributed by atoms with Crippen LogP contribution >= 0.6 is 7.82 Å². The van der Waals surface area contributed by atoms with Crippen molar-refractivity contribution in [3.63, 3.8) is 0 Å². The fourth-order valence-electron chi connectivity index (χ4n) is 1.88. The second-order valence-corrected chi connectivity index (χ2v) is 5.50. The molecular formula is C12H15O7P. The molecule has 2 rings (SSSR count). The fourth-order valence-corrected chi connectivity index (χ4v) is 2.47. The van der Waals surface area contributed by atoms with Crippen LogP contribution in [-0.2, 0) is 18.6 Å². The molecule has 1 saturated heterocycles. The predicted molar refractivity (Wildman–Crippen MR) is 68.0 cm³/mol. The van der Waals surface area contributed by atoms with Crippen molar-refractivity contribution >= 4 is 13.8 Å². The molecule has 0 aromatic heterocycles. The highest BCUT2D eigenvalue weighted by atomic mass is 31.2. The predicted octanol–water partition coefficient (Wildman–Crippen LogP) is 1.11.